The van der Waals surface area contributed by atoms with E-state index in [1.165, 1.54) is 0 Å². The van der Waals surface area contributed by atoms with Gasteiger partial charge < -0.3 is 20.7 Å². The van der Waals surface area contributed by atoms with Crippen molar-refractivity contribution in [2.45, 2.75) is 19.0 Å². The van der Waals surface area contributed by atoms with Crippen LogP contribution < -0.4 is 20.7 Å². The Balaban J connectivity index is 1.70. The number of sulfone groups is 1. The average Bonchev–Trinajstić information content (AvgIpc) is 2.89. The Bertz CT molecular complexity index is 705. The Morgan fingerprint density at radius 3 is 2.67 bits per heavy atom. The van der Waals surface area contributed by atoms with Crippen molar-refractivity contribution in [3.63, 3.8) is 0 Å². The minimum atomic E-state index is -3.05. The average molecular weight is 355 g/mol. The van der Waals surface area contributed by atoms with Crippen LogP contribution in [0.15, 0.2) is 24.3 Å². The van der Waals surface area contributed by atoms with Gasteiger partial charge in [-0.15, -0.1) is 0 Å². The van der Waals surface area contributed by atoms with Crippen molar-refractivity contribution >= 4 is 21.8 Å². The van der Waals surface area contributed by atoms with Crippen molar-refractivity contribution in [1.82, 2.24) is 16.0 Å². The summed E-state index contributed by atoms with van der Waals surface area (Å²) in [6.07, 6.45) is 0.399. The molecular weight excluding hydrogens is 334 g/mol. The van der Waals surface area contributed by atoms with E-state index in [-0.39, 0.29) is 30.5 Å². The van der Waals surface area contributed by atoms with Gasteiger partial charge in [0.1, 0.15) is 5.75 Å². The van der Waals surface area contributed by atoms with Gasteiger partial charge in [0.15, 0.2) is 9.84 Å². The fraction of sp³-hybridized carbons (Fsp3) is 0.467. The van der Waals surface area contributed by atoms with Crippen LogP contribution in [0.3, 0.4) is 0 Å². The maximum Gasteiger partial charge on any atom is 0.315 e. The first-order chi connectivity index (χ1) is 11.4. The molecule has 0 bridgehead atoms. The van der Waals surface area contributed by atoms with Gasteiger partial charge in [-0.1, -0.05) is 18.2 Å². The van der Waals surface area contributed by atoms with E-state index in [1.807, 2.05) is 18.2 Å². The highest BCUT2D eigenvalue weighted by Crippen LogP contribution is 2.16. The third-order valence-electron chi connectivity index (χ3n) is 3.65. The molecule has 0 saturated carbocycles. The van der Waals surface area contributed by atoms with Crippen molar-refractivity contribution in [2.24, 2.45) is 0 Å². The standard InChI is InChI=1S/C15H21N3O5S/c1-23-13-5-3-2-4-11(13)8-16-14(19)9-17-15(20)18-12-6-7-24(21,22)10-12/h2-5,12H,6-10H2,1H3,(H,16,19)(H2,17,18,20). The van der Waals surface area contributed by atoms with Crippen molar-refractivity contribution in [3.05, 3.63) is 29.8 Å². The molecule has 3 N–H and O–H groups in total. The van der Waals surface area contributed by atoms with E-state index in [1.54, 1.807) is 13.2 Å². The molecular formula is C15H21N3O5S. The van der Waals surface area contributed by atoms with Crippen molar-refractivity contribution in [1.29, 1.82) is 0 Å². The maximum absolute atomic E-state index is 11.8. The molecule has 1 aromatic rings. The summed E-state index contributed by atoms with van der Waals surface area (Å²) >= 11 is 0. The van der Waals surface area contributed by atoms with E-state index < -0.39 is 21.9 Å². The van der Waals surface area contributed by atoms with Crippen molar-refractivity contribution in [2.75, 3.05) is 25.2 Å². The molecule has 0 spiro atoms. The number of hydrogen-bond acceptors (Lipinski definition) is 5. The lowest BCUT2D eigenvalue weighted by Crippen LogP contribution is -2.46. The topological polar surface area (TPSA) is 114 Å². The number of nitrogens with one attached hydrogen (secondary N) is 3. The first-order valence-electron chi connectivity index (χ1n) is 7.53. The Labute approximate surface area is 140 Å². The number of carbonyl (C=O) groups is 2. The van der Waals surface area contributed by atoms with Gasteiger partial charge in [0.05, 0.1) is 25.2 Å². The first kappa shape index (κ1) is 18.1. The zero-order valence-electron chi connectivity index (χ0n) is 13.4. The van der Waals surface area contributed by atoms with Gasteiger partial charge in [0, 0.05) is 18.2 Å². The lowest BCUT2D eigenvalue weighted by Gasteiger charge is -2.12. The molecule has 1 fully saturated rings. The number of benzene rings is 1. The number of rotatable bonds is 6. The summed E-state index contributed by atoms with van der Waals surface area (Å²) in [5, 5.41) is 7.64. The normalized spacial score (nSPS) is 18.6. The fourth-order valence-electron chi connectivity index (χ4n) is 2.41. The second-order valence-electron chi connectivity index (χ2n) is 5.52. The van der Waals surface area contributed by atoms with Crippen LogP contribution in [0, 0.1) is 0 Å². The molecule has 1 unspecified atom stereocenters. The molecule has 1 saturated heterocycles. The molecule has 8 nitrogen and oxygen atoms in total. The molecule has 1 aromatic carbocycles. The van der Waals surface area contributed by atoms with Crippen LogP contribution in [-0.2, 0) is 21.2 Å². The van der Waals surface area contributed by atoms with Gasteiger partial charge in [-0.05, 0) is 12.5 Å². The first-order valence-corrected chi connectivity index (χ1v) is 9.35. The SMILES string of the molecule is COc1ccccc1CNC(=O)CNC(=O)NC1CCS(=O)(=O)C1. The molecule has 24 heavy (non-hydrogen) atoms. The summed E-state index contributed by atoms with van der Waals surface area (Å²) in [4.78, 5) is 23.4. The molecule has 9 heteroatoms. The second-order valence-corrected chi connectivity index (χ2v) is 7.74. The predicted molar refractivity (Wildman–Crippen MR) is 88.4 cm³/mol. The molecule has 0 aliphatic carbocycles. The fourth-order valence-corrected chi connectivity index (χ4v) is 4.08. The molecule has 0 aromatic heterocycles. The van der Waals surface area contributed by atoms with Gasteiger partial charge in [0.2, 0.25) is 5.91 Å². The minimum absolute atomic E-state index is 0.0551. The maximum atomic E-state index is 11.8. The van der Waals surface area contributed by atoms with Crippen LogP contribution in [0.4, 0.5) is 4.79 Å². The van der Waals surface area contributed by atoms with Crippen LogP contribution in [-0.4, -0.2) is 51.6 Å². The third-order valence-corrected chi connectivity index (χ3v) is 5.41. The number of amides is 3. The highest BCUT2D eigenvalue weighted by molar-refractivity contribution is 7.91. The lowest BCUT2D eigenvalue weighted by atomic mass is 10.2. The quantitative estimate of drug-likeness (QED) is 0.654. The minimum Gasteiger partial charge on any atom is -0.496 e. The van der Waals surface area contributed by atoms with Gasteiger partial charge in [-0.3, -0.25) is 4.79 Å². The summed E-state index contributed by atoms with van der Waals surface area (Å²) in [5.74, 6) is 0.346. The monoisotopic (exact) mass is 355 g/mol. The number of para-hydroxylation sites is 1. The Hall–Kier alpha value is -2.29. The second kappa shape index (κ2) is 8.00. The van der Waals surface area contributed by atoms with Gasteiger partial charge in [-0.2, -0.15) is 0 Å². The molecule has 1 heterocycles. The van der Waals surface area contributed by atoms with E-state index >= 15 is 0 Å². The number of carbonyl (C=O) groups excluding carboxylic acids is 2. The largest absolute Gasteiger partial charge is 0.496 e. The van der Waals surface area contributed by atoms with E-state index in [2.05, 4.69) is 16.0 Å². The number of methoxy groups -OCH3 is 1. The van der Waals surface area contributed by atoms with Gasteiger partial charge >= 0.3 is 6.03 Å². The van der Waals surface area contributed by atoms with Crippen LogP contribution in [0.1, 0.15) is 12.0 Å². The van der Waals surface area contributed by atoms with Crippen molar-refractivity contribution in [3.8, 4) is 5.75 Å². The van der Waals surface area contributed by atoms with Gasteiger partial charge in [-0.25, -0.2) is 13.2 Å². The molecule has 1 atom stereocenters. The molecule has 1 aliphatic rings. The summed E-state index contributed by atoms with van der Waals surface area (Å²) in [7, 11) is -1.50. The molecule has 1 aliphatic heterocycles. The van der Waals surface area contributed by atoms with E-state index in [0.717, 1.165) is 5.56 Å². The zero-order chi connectivity index (χ0) is 17.6. The lowest BCUT2D eigenvalue weighted by molar-refractivity contribution is -0.120. The zero-order valence-corrected chi connectivity index (χ0v) is 14.2. The summed E-state index contributed by atoms with van der Waals surface area (Å²) in [5.41, 5.74) is 0.828. The molecule has 3 amide bonds. The highest BCUT2D eigenvalue weighted by Gasteiger charge is 2.28. The van der Waals surface area contributed by atoms with E-state index in [9.17, 15) is 18.0 Å². The molecule has 2 rings (SSSR count). The van der Waals surface area contributed by atoms with Crippen LogP contribution in [0.5, 0.6) is 5.75 Å². The van der Waals surface area contributed by atoms with Crippen LogP contribution in [0.2, 0.25) is 0 Å². The summed E-state index contributed by atoms with van der Waals surface area (Å²) < 4.78 is 27.8. The third kappa shape index (κ3) is 5.41. The smallest absolute Gasteiger partial charge is 0.315 e. The molecule has 132 valence electrons. The Morgan fingerprint density at radius 1 is 1.25 bits per heavy atom. The summed E-state index contributed by atoms with van der Waals surface area (Å²) in [6.45, 7) is 0.0907. The van der Waals surface area contributed by atoms with E-state index in [0.29, 0.717) is 12.2 Å². The van der Waals surface area contributed by atoms with Gasteiger partial charge in [0.25, 0.3) is 0 Å². The van der Waals surface area contributed by atoms with Crippen molar-refractivity contribution < 1.29 is 22.7 Å². The molecule has 0 radical (unpaired) electrons. The summed E-state index contributed by atoms with van der Waals surface area (Å²) in [6, 6.07) is 6.35. The van der Waals surface area contributed by atoms with Crippen LogP contribution >= 0.6 is 0 Å². The number of hydrogen-bond donors (Lipinski definition) is 3. The Kier molecular flexibility index (Phi) is 6.02. The number of ether oxygens (including phenoxy) is 1. The highest BCUT2D eigenvalue weighted by atomic mass is 32.2. The number of urea groups is 1. The Morgan fingerprint density at radius 2 is 2.00 bits per heavy atom. The van der Waals surface area contributed by atoms with Crippen LogP contribution in [0.25, 0.3) is 0 Å². The predicted octanol–water partition coefficient (Wildman–Crippen LogP) is -0.202. The van der Waals surface area contributed by atoms with E-state index in [4.69, 9.17) is 4.74 Å².